The van der Waals surface area contributed by atoms with Gasteiger partial charge in [0, 0.05) is 6.42 Å². The fraction of sp³-hybridized carbons (Fsp3) is 0.600. The van der Waals surface area contributed by atoms with Crippen molar-refractivity contribution in [2.24, 2.45) is 0 Å². The summed E-state index contributed by atoms with van der Waals surface area (Å²) in [6.07, 6.45) is 3.58. The lowest BCUT2D eigenvalue weighted by Crippen LogP contribution is -2.02. The number of hydrogen-bond donors (Lipinski definition) is 0. The molecule has 3 nitrogen and oxygen atoms in total. The van der Waals surface area contributed by atoms with Crippen molar-refractivity contribution < 1.29 is 9.51 Å². The molecule has 3 heteroatoms. The van der Waals surface area contributed by atoms with Gasteiger partial charge in [-0.25, -0.2) is 9.51 Å². The van der Waals surface area contributed by atoms with E-state index in [0.29, 0.717) is 0 Å². The fourth-order valence-corrected chi connectivity index (χ4v) is 0.560. The molecular formula is C5H9N2O+. The zero-order chi connectivity index (χ0) is 5.82. The number of H-pyrrole nitrogens is 1. The van der Waals surface area contributed by atoms with Crippen LogP contribution in [0.4, 0.5) is 0 Å². The summed E-state index contributed by atoms with van der Waals surface area (Å²) in [5.41, 5.74) is 0. The molecule has 0 amide bonds. The van der Waals surface area contributed by atoms with Gasteiger partial charge in [-0.15, -0.1) is 0 Å². The Kier molecular flexibility index (Phi) is 1.62. The first kappa shape index (κ1) is 5.28. The minimum Gasteiger partial charge on any atom is -0.218 e. The molecule has 0 aromatic carbocycles. The Morgan fingerprint density at radius 2 is 2.75 bits per heavy atom. The number of nitrogens with one attached hydrogen (secondary N) is 1. The van der Waals surface area contributed by atoms with E-state index in [1.807, 2.05) is 0 Å². The normalized spacial score (nSPS) is 9.62. The van der Waals surface area contributed by atoms with E-state index in [1.165, 1.54) is 0 Å². The lowest BCUT2D eigenvalue weighted by atomic mass is 10.3. The smallest absolute Gasteiger partial charge is 0.218 e. The molecule has 0 fully saturated rings. The maximum Gasteiger partial charge on any atom is 0.334 e. The van der Waals surface area contributed by atoms with Gasteiger partial charge in [-0.1, -0.05) is 6.92 Å². The van der Waals surface area contributed by atoms with E-state index in [2.05, 4.69) is 17.1 Å². The molecule has 8 heavy (non-hydrogen) atoms. The van der Waals surface area contributed by atoms with Crippen molar-refractivity contribution >= 4 is 0 Å². The average Bonchev–Trinajstić information content (AvgIpc) is 2.19. The molecule has 0 spiro atoms. The third-order valence-electron chi connectivity index (χ3n) is 0.918. The van der Waals surface area contributed by atoms with Crippen molar-refractivity contribution in [3.8, 4) is 0 Å². The van der Waals surface area contributed by atoms with Gasteiger partial charge in [0.1, 0.15) is 0 Å². The molecule has 0 saturated carbocycles. The molecule has 0 aliphatic carbocycles. The van der Waals surface area contributed by atoms with Gasteiger partial charge in [-0.2, -0.15) is 0 Å². The highest BCUT2D eigenvalue weighted by Crippen LogP contribution is 1.89. The van der Waals surface area contributed by atoms with Gasteiger partial charge in [0.2, 0.25) is 0 Å². The SMILES string of the molecule is CCCc1[nH+]cno1. The topological polar surface area (TPSA) is 40.2 Å². The monoisotopic (exact) mass is 113 g/mol. The van der Waals surface area contributed by atoms with E-state index in [1.54, 1.807) is 6.33 Å². The number of rotatable bonds is 2. The van der Waals surface area contributed by atoms with Crippen molar-refractivity contribution in [1.82, 2.24) is 5.16 Å². The molecule has 0 atom stereocenters. The minimum atomic E-state index is 0.854. The van der Waals surface area contributed by atoms with E-state index in [-0.39, 0.29) is 0 Å². The first-order valence-electron chi connectivity index (χ1n) is 2.74. The van der Waals surface area contributed by atoms with Crippen LogP contribution in [0, 0.1) is 0 Å². The Labute approximate surface area is 47.7 Å². The maximum absolute atomic E-state index is 4.77. The summed E-state index contributed by atoms with van der Waals surface area (Å²) in [7, 11) is 0. The van der Waals surface area contributed by atoms with Gasteiger partial charge < -0.3 is 0 Å². The highest BCUT2D eigenvalue weighted by Gasteiger charge is 1.99. The van der Waals surface area contributed by atoms with Crippen molar-refractivity contribution in [2.75, 3.05) is 0 Å². The molecule has 0 unspecified atom stereocenters. The van der Waals surface area contributed by atoms with Crippen molar-refractivity contribution in [3.05, 3.63) is 12.2 Å². The zero-order valence-corrected chi connectivity index (χ0v) is 4.85. The summed E-state index contributed by atoms with van der Waals surface area (Å²) >= 11 is 0. The van der Waals surface area contributed by atoms with Crippen LogP contribution in [-0.2, 0) is 6.42 Å². The van der Waals surface area contributed by atoms with E-state index in [0.717, 1.165) is 18.7 Å². The van der Waals surface area contributed by atoms with Crippen LogP contribution in [0.15, 0.2) is 10.9 Å². The van der Waals surface area contributed by atoms with Gasteiger partial charge in [0.05, 0.1) is 0 Å². The van der Waals surface area contributed by atoms with Crippen LogP contribution in [0.1, 0.15) is 19.2 Å². The highest BCUT2D eigenvalue weighted by molar-refractivity contribution is 4.60. The molecule has 1 rings (SSSR count). The van der Waals surface area contributed by atoms with Gasteiger partial charge in [-0.05, 0) is 6.42 Å². The lowest BCUT2D eigenvalue weighted by molar-refractivity contribution is -0.397. The van der Waals surface area contributed by atoms with E-state index < -0.39 is 0 Å². The first-order valence-corrected chi connectivity index (χ1v) is 2.74. The largest absolute Gasteiger partial charge is 0.334 e. The Hall–Kier alpha value is -0.860. The average molecular weight is 113 g/mol. The van der Waals surface area contributed by atoms with Crippen LogP contribution in [-0.4, -0.2) is 5.16 Å². The first-order chi connectivity index (χ1) is 3.93. The Morgan fingerprint density at radius 3 is 3.25 bits per heavy atom. The fourth-order valence-electron chi connectivity index (χ4n) is 0.560. The molecule has 0 bridgehead atoms. The number of nitrogens with zero attached hydrogens (tertiary/aromatic N) is 1. The quantitative estimate of drug-likeness (QED) is 0.558. The Bertz CT molecular complexity index is 136. The number of aromatic nitrogens is 2. The van der Waals surface area contributed by atoms with Crippen LogP contribution in [0.2, 0.25) is 0 Å². The van der Waals surface area contributed by atoms with Crippen molar-refractivity contribution in [3.63, 3.8) is 0 Å². The van der Waals surface area contributed by atoms with E-state index in [4.69, 9.17) is 4.52 Å². The van der Waals surface area contributed by atoms with Gasteiger partial charge in [0.25, 0.3) is 0 Å². The molecule has 1 aromatic heterocycles. The predicted molar refractivity (Wildman–Crippen MR) is 27.1 cm³/mol. The van der Waals surface area contributed by atoms with Crippen LogP contribution in [0.5, 0.6) is 0 Å². The van der Waals surface area contributed by atoms with E-state index in [9.17, 15) is 0 Å². The molecule has 44 valence electrons. The minimum absolute atomic E-state index is 0.854. The van der Waals surface area contributed by atoms with E-state index >= 15 is 0 Å². The number of aromatic amines is 1. The molecule has 1 heterocycles. The number of aryl methyl sites for hydroxylation is 1. The van der Waals surface area contributed by atoms with Crippen molar-refractivity contribution in [1.29, 1.82) is 0 Å². The lowest BCUT2D eigenvalue weighted by Gasteiger charge is -1.77. The van der Waals surface area contributed by atoms with Gasteiger partial charge in [-0.3, -0.25) is 0 Å². The molecular weight excluding hydrogens is 104 g/mol. The van der Waals surface area contributed by atoms with Gasteiger partial charge in [0.15, 0.2) is 5.16 Å². The summed E-state index contributed by atoms with van der Waals surface area (Å²) < 4.78 is 4.77. The Morgan fingerprint density at radius 1 is 1.88 bits per heavy atom. The zero-order valence-electron chi connectivity index (χ0n) is 4.85. The summed E-state index contributed by atoms with van der Waals surface area (Å²) in [6.45, 7) is 2.09. The Balaban J connectivity index is 2.50. The second kappa shape index (κ2) is 2.45. The molecule has 0 aliphatic heterocycles. The summed E-state index contributed by atoms with van der Waals surface area (Å²) in [6, 6.07) is 0. The van der Waals surface area contributed by atoms with Crippen LogP contribution in [0.25, 0.3) is 0 Å². The number of hydrogen-bond acceptors (Lipinski definition) is 2. The second-order valence-electron chi connectivity index (χ2n) is 1.64. The van der Waals surface area contributed by atoms with Crippen LogP contribution in [0.3, 0.4) is 0 Å². The third-order valence-corrected chi connectivity index (χ3v) is 0.918. The van der Waals surface area contributed by atoms with Gasteiger partial charge >= 0.3 is 12.2 Å². The predicted octanol–water partition coefficient (Wildman–Crippen LogP) is 0.441. The second-order valence-corrected chi connectivity index (χ2v) is 1.64. The standard InChI is InChI=1S/C5H8N2O/c1-2-3-5-6-4-7-8-5/h4H,2-3H2,1H3/p+1. The van der Waals surface area contributed by atoms with Crippen LogP contribution >= 0.6 is 0 Å². The summed E-state index contributed by atoms with van der Waals surface area (Å²) in [5, 5.41) is 3.51. The maximum atomic E-state index is 4.77. The molecule has 0 aliphatic rings. The summed E-state index contributed by atoms with van der Waals surface area (Å²) in [4.78, 5) is 2.86. The highest BCUT2D eigenvalue weighted by atomic mass is 16.5. The molecule has 1 N–H and O–H groups in total. The summed E-state index contributed by atoms with van der Waals surface area (Å²) in [5.74, 6) is 0.854. The van der Waals surface area contributed by atoms with Crippen LogP contribution < -0.4 is 4.98 Å². The molecule has 0 saturated heterocycles. The molecule has 1 aromatic rings. The molecule has 0 radical (unpaired) electrons. The third kappa shape index (κ3) is 1.05. The van der Waals surface area contributed by atoms with Crippen molar-refractivity contribution in [2.45, 2.75) is 19.8 Å².